The Kier molecular flexibility index (Phi) is 6.82. The molecular formula is C30H46O9. The Bertz CT molecular complexity index is 1020. The molecule has 2 heterocycles. The number of cyclic esters (lactones) is 1. The second-order valence-corrected chi connectivity index (χ2v) is 13.9. The van der Waals surface area contributed by atoms with Crippen molar-refractivity contribution in [3.8, 4) is 0 Å². The molecule has 0 aromatic rings. The highest BCUT2D eigenvalue weighted by Gasteiger charge is 2.70. The molecule has 13 atom stereocenters. The Balaban J connectivity index is 1.19. The molecular weight excluding hydrogens is 504 g/mol. The Morgan fingerprint density at radius 1 is 0.949 bits per heavy atom. The van der Waals surface area contributed by atoms with E-state index >= 15 is 0 Å². The zero-order chi connectivity index (χ0) is 28.0. The van der Waals surface area contributed by atoms with Crippen molar-refractivity contribution in [2.24, 2.45) is 28.6 Å². The molecule has 0 spiro atoms. The summed E-state index contributed by atoms with van der Waals surface area (Å²) in [6, 6.07) is 0. The van der Waals surface area contributed by atoms with Gasteiger partial charge in [0, 0.05) is 25.0 Å². The Hall–Kier alpha value is -1.07. The number of ether oxygens (including phenoxy) is 4. The zero-order valence-electron chi connectivity index (χ0n) is 23.7. The third-order valence-electron chi connectivity index (χ3n) is 12.5. The summed E-state index contributed by atoms with van der Waals surface area (Å²) in [6.07, 6.45) is 3.58. The number of carbonyl (C=O) groups excluding carboxylic acids is 1. The first kappa shape index (κ1) is 28.1. The Labute approximate surface area is 230 Å². The molecule has 220 valence electrons. The van der Waals surface area contributed by atoms with Crippen LogP contribution in [-0.2, 0) is 23.7 Å². The summed E-state index contributed by atoms with van der Waals surface area (Å²) in [5.41, 5.74) is -1.43. The number of carbonyl (C=O) groups is 1. The number of hydrogen-bond donors (Lipinski definition) is 4. The van der Waals surface area contributed by atoms with E-state index in [0.717, 1.165) is 37.7 Å². The van der Waals surface area contributed by atoms with E-state index in [2.05, 4.69) is 13.8 Å². The molecule has 6 aliphatic rings. The summed E-state index contributed by atoms with van der Waals surface area (Å²) < 4.78 is 22.6. The molecule has 6 rings (SSSR count). The molecule has 2 aliphatic heterocycles. The fourth-order valence-corrected chi connectivity index (χ4v) is 10.1. The van der Waals surface area contributed by atoms with E-state index in [0.29, 0.717) is 32.3 Å². The van der Waals surface area contributed by atoms with Gasteiger partial charge in [0.2, 0.25) is 0 Å². The van der Waals surface area contributed by atoms with Crippen LogP contribution >= 0.6 is 0 Å². The van der Waals surface area contributed by atoms with Gasteiger partial charge in [-0.1, -0.05) is 13.8 Å². The van der Waals surface area contributed by atoms with Crippen molar-refractivity contribution in [2.45, 2.75) is 127 Å². The molecule has 0 aromatic carbocycles. The van der Waals surface area contributed by atoms with Gasteiger partial charge >= 0.3 is 5.97 Å². The van der Waals surface area contributed by atoms with E-state index in [1.54, 1.807) is 13.0 Å². The summed E-state index contributed by atoms with van der Waals surface area (Å²) in [6.45, 7) is 6.48. The van der Waals surface area contributed by atoms with Crippen LogP contribution in [0.1, 0.15) is 78.6 Å². The molecule has 39 heavy (non-hydrogen) atoms. The fourth-order valence-electron chi connectivity index (χ4n) is 10.1. The highest BCUT2D eigenvalue weighted by atomic mass is 16.7. The third-order valence-corrected chi connectivity index (χ3v) is 12.5. The predicted octanol–water partition coefficient (Wildman–Crippen LogP) is 2.23. The van der Waals surface area contributed by atoms with E-state index in [-0.39, 0.29) is 40.7 Å². The number of aliphatic hydroxyl groups is 4. The summed E-state index contributed by atoms with van der Waals surface area (Å²) in [5, 5.41) is 45.7. The molecule has 0 radical (unpaired) electrons. The molecule has 5 fully saturated rings. The summed E-state index contributed by atoms with van der Waals surface area (Å²) in [5.74, 6) is 0.151. The van der Waals surface area contributed by atoms with Crippen molar-refractivity contribution in [1.82, 2.24) is 0 Å². The maximum atomic E-state index is 12.4. The third kappa shape index (κ3) is 3.94. The Morgan fingerprint density at radius 3 is 2.36 bits per heavy atom. The van der Waals surface area contributed by atoms with Crippen LogP contribution in [0.4, 0.5) is 0 Å². The van der Waals surface area contributed by atoms with Crippen LogP contribution in [0.3, 0.4) is 0 Å². The second-order valence-electron chi connectivity index (χ2n) is 13.9. The van der Waals surface area contributed by atoms with E-state index < -0.39 is 41.9 Å². The van der Waals surface area contributed by atoms with Gasteiger partial charge in [-0.3, -0.25) is 0 Å². The fraction of sp³-hybridized carbons (Fsp3) is 0.900. The average Bonchev–Trinajstić information content (AvgIpc) is 3.43. The van der Waals surface area contributed by atoms with Gasteiger partial charge in [0.25, 0.3) is 0 Å². The van der Waals surface area contributed by atoms with Crippen LogP contribution < -0.4 is 0 Å². The molecule has 0 unspecified atom stereocenters. The molecule has 9 nitrogen and oxygen atoms in total. The minimum absolute atomic E-state index is 0.0934. The number of rotatable bonds is 4. The maximum absolute atomic E-state index is 12.4. The summed E-state index contributed by atoms with van der Waals surface area (Å²) in [7, 11) is 1.45. The lowest BCUT2D eigenvalue weighted by molar-refractivity contribution is -0.321. The molecule has 4 N–H and O–H groups in total. The van der Waals surface area contributed by atoms with Crippen LogP contribution in [0, 0.1) is 28.6 Å². The minimum Gasteiger partial charge on any atom is -0.458 e. The van der Waals surface area contributed by atoms with Crippen molar-refractivity contribution >= 4 is 5.97 Å². The van der Waals surface area contributed by atoms with Crippen LogP contribution in [0.15, 0.2) is 11.6 Å². The topological polar surface area (TPSA) is 135 Å². The van der Waals surface area contributed by atoms with Crippen LogP contribution in [-0.4, -0.2) is 88.1 Å². The SMILES string of the molecule is CO[C@@H]1[C@H](O)[C@H](O[C@@H]2CC[C@]3(C)[C@H]4CC[C@]5(C)[C@@H](C6=CC(=O)OC6)CC[C@@]5(O)[C@@H]4CC[C@]3(O)C2)O[C@H](C)[C@H]1O. The van der Waals surface area contributed by atoms with Crippen molar-refractivity contribution in [2.75, 3.05) is 13.7 Å². The van der Waals surface area contributed by atoms with Gasteiger partial charge in [-0.25, -0.2) is 4.79 Å². The van der Waals surface area contributed by atoms with E-state index in [1.807, 2.05) is 0 Å². The number of fused-ring (bicyclic) bond motifs is 5. The second kappa shape index (κ2) is 9.48. The van der Waals surface area contributed by atoms with Gasteiger partial charge in [0.1, 0.15) is 24.9 Å². The zero-order valence-corrected chi connectivity index (χ0v) is 23.7. The first-order valence-corrected chi connectivity index (χ1v) is 14.9. The normalized spacial score (nSPS) is 55.3. The van der Waals surface area contributed by atoms with Crippen LogP contribution in [0.2, 0.25) is 0 Å². The number of esters is 1. The minimum atomic E-state index is -1.13. The molecule has 9 heteroatoms. The van der Waals surface area contributed by atoms with Gasteiger partial charge in [0.05, 0.1) is 23.4 Å². The lowest BCUT2D eigenvalue weighted by Crippen LogP contribution is -2.67. The molecule has 1 saturated heterocycles. The van der Waals surface area contributed by atoms with E-state index in [1.165, 1.54) is 7.11 Å². The van der Waals surface area contributed by atoms with E-state index in [9.17, 15) is 25.2 Å². The highest BCUT2D eigenvalue weighted by Crippen LogP contribution is 2.70. The number of methoxy groups -OCH3 is 1. The standard InChI is InChI=1S/C30H46O9/c1-16-23(32)25(36-4)24(33)26(38-16)39-18-5-9-27(2)20-6-10-28(3)19(17-13-22(31)37-15-17)8-12-30(28,35)21(20)7-11-29(27,34)14-18/h13,16,18-21,23-26,32-35H,5-12,14-15H2,1-4H3/t16-,18-,19-,20+,21-,23-,24+,25+,26+,27-,28-,29+,30-/m1/s1. The molecule has 4 aliphatic carbocycles. The lowest BCUT2D eigenvalue weighted by Gasteiger charge is -2.66. The predicted molar refractivity (Wildman–Crippen MR) is 139 cm³/mol. The van der Waals surface area contributed by atoms with E-state index in [4.69, 9.17) is 18.9 Å². The van der Waals surface area contributed by atoms with Crippen LogP contribution in [0.25, 0.3) is 0 Å². The van der Waals surface area contributed by atoms with Crippen molar-refractivity contribution in [3.63, 3.8) is 0 Å². The molecule has 0 bridgehead atoms. The van der Waals surface area contributed by atoms with Gasteiger partial charge in [0.15, 0.2) is 6.29 Å². The number of aliphatic hydroxyl groups excluding tert-OH is 2. The quantitative estimate of drug-likeness (QED) is 0.307. The van der Waals surface area contributed by atoms with Gasteiger partial charge in [-0.05, 0) is 87.0 Å². The smallest absolute Gasteiger partial charge is 0.331 e. The van der Waals surface area contributed by atoms with Crippen molar-refractivity contribution in [1.29, 1.82) is 0 Å². The maximum Gasteiger partial charge on any atom is 0.331 e. The average molecular weight is 551 g/mol. The lowest BCUT2D eigenvalue weighted by atomic mass is 9.42. The van der Waals surface area contributed by atoms with Gasteiger partial charge in [-0.2, -0.15) is 0 Å². The first-order valence-electron chi connectivity index (χ1n) is 14.9. The first-order chi connectivity index (χ1) is 18.4. The Morgan fingerprint density at radius 2 is 1.67 bits per heavy atom. The molecule has 0 amide bonds. The van der Waals surface area contributed by atoms with Gasteiger partial charge in [-0.15, -0.1) is 0 Å². The number of hydrogen-bond acceptors (Lipinski definition) is 9. The van der Waals surface area contributed by atoms with Crippen LogP contribution in [0.5, 0.6) is 0 Å². The summed E-state index contributed by atoms with van der Waals surface area (Å²) in [4.78, 5) is 11.8. The summed E-state index contributed by atoms with van der Waals surface area (Å²) >= 11 is 0. The molecule has 4 saturated carbocycles. The van der Waals surface area contributed by atoms with Gasteiger partial charge < -0.3 is 39.4 Å². The van der Waals surface area contributed by atoms with Crippen molar-refractivity contribution in [3.05, 3.63) is 11.6 Å². The molecule has 0 aromatic heterocycles. The monoisotopic (exact) mass is 550 g/mol. The highest BCUT2D eigenvalue weighted by molar-refractivity contribution is 5.85. The van der Waals surface area contributed by atoms with Crippen molar-refractivity contribution < 1.29 is 44.2 Å². The largest absolute Gasteiger partial charge is 0.458 e.